The maximum Gasteiger partial charge on any atom is 0.408 e. The number of carbonyl (C=O) groups is 2. The van der Waals surface area contributed by atoms with Crippen LogP contribution in [0.5, 0.6) is 0 Å². The fourth-order valence-electron chi connectivity index (χ4n) is 4.92. The van der Waals surface area contributed by atoms with Crippen LogP contribution in [0.2, 0.25) is 0 Å². The van der Waals surface area contributed by atoms with Crippen LogP contribution in [0.25, 0.3) is 0 Å². The molecule has 2 fully saturated rings. The van der Waals surface area contributed by atoms with Crippen LogP contribution in [0, 0.1) is 34.5 Å². The zero-order valence-electron chi connectivity index (χ0n) is 19.1. The summed E-state index contributed by atoms with van der Waals surface area (Å²) in [5, 5.41) is 0. The van der Waals surface area contributed by atoms with Gasteiger partial charge in [-0.05, 0) is 50.4 Å². The second-order valence-corrected chi connectivity index (χ2v) is 10.6. The molecule has 5 unspecified atom stereocenters. The van der Waals surface area contributed by atoms with Gasteiger partial charge in [-0.3, -0.25) is 9.59 Å². The summed E-state index contributed by atoms with van der Waals surface area (Å²) in [7, 11) is 0. The fourth-order valence-corrected chi connectivity index (χ4v) is 4.92. The second kappa shape index (κ2) is 8.54. The van der Waals surface area contributed by atoms with Gasteiger partial charge in [-0.1, -0.05) is 46.3 Å². The van der Waals surface area contributed by atoms with E-state index in [-0.39, 0.29) is 23.7 Å². The first-order valence-electron chi connectivity index (χ1n) is 10.7. The lowest BCUT2D eigenvalue weighted by molar-refractivity contribution is -0.248. The number of carbonyl (C=O) groups excluding carboxylic acids is 2. The summed E-state index contributed by atoms with van der Waals surface area (Å²) in [6, 6.07) is 0. The van der Waals surface area contributed by atoms with Crippen LogP contribution in [0.1, 0.15) is 67.7 Å². The van der Waals surface area contributed by atoms with E-state index in [9.17, 15) is 22.8 Å². The minimum Gasteiger partial charge on any atom is -0.465 e. The van der Waals surface area contributed by atoms with Crippen molar-refractivity contribution >= 4 is 11.9 Å². The van der Waals surface area contributed by atoms with Gasteiger partial charge in [0.05, 0.1) is 12.5 Å². The van der Waals surface area contributed by atoms with Crippen molar-refractivity contribution in [2.75, 3.05) is 6.61 Å². The molecule has 2 rings (SSSR count). The normalized spacial score (nSPS) is 28.2. The molecule has 0 amide bonds. The van der Waals surface area contributed by atoms with Gasteiger partial charge in [0, 0.05) is 5.92 Å². The van der Waals surface area contributed by atoms with Gasteiger partial charge in [0.1, 0.15) is 6.10 Å². The molecular formula is C23H35F3O4. The lowest BCUT2D eigenvalue weighted by Gasteiger charge is -2.43. The molecule has 2 aliphatic carbocycles. The van der Waals surface area contributed by atoms with E-state index < -0.39 is 35.0 Å². The predicted octanol–water partition coefficient (Wildman–Crippen LogP) is 5.70. The predicted molar refractivity (Wildman–Crippen MR) is 107 cm³/mol. The number of fused-ring (bicyclic) bond motifs is 2. The van der Waals surface area contributed by atoms with E-state index in [1.165, 1.54) is 34.6 Å². The molecule has 172 valence electrons. The van der Waals surface area contributed by atoms with Crippen molar-refractivity contribution < 1.29 is 32.2 Å². The van der Waals surface area contributed by atoms with Crippen molar-refractivity contribution in [3.05, 3.63) is 11.6 Å². The van der Waals surface area contributed by atoms with Crippen LogP contribution in [0.4, 0.5) is 13.2 Å². The number of esters is 2. The maximum atomic E-state index is 14.3. The van der Waals surface area contributed by atoms with E-state index in [4.69, 9.17) is 9.47 Å². The lowest BCUT2D eigenvalue weighted by Crippen LogP contribution is -2.54. The Morgan fingerprint density at radius 2 is 1.67 bits per heavy atom. The van der Waals surface area contributed by atoms with Crippen LogP contribution in [-0.2, 0) is 19.1 Å². The maximum absolute atomic E-state index is 14.3. The third-order valence-electron chi connectivity index (χ3n) is 6.33. The van der Waals surface area contributed by atoms with E-state index in [1.807, 2.05) is 13.8 Å². The average molecular weight is 433 g/mol. The summed E-state index contributed by atoms with van der Waals surface area (Å²) in [6.45, 7) is 11.4. The lowest BCUT2D eigenvalue weighted by atomic mass is 9.65. The van der Waals surface area contributed by atoms with E-state index in [0.29, 0.717) is 31.4 Å². The molecule has 0 aromatic heterocycles. The highest BCUT2D eigenvalue weighted by Gasteiger charge is 2.67. The number of alkyl halides is 3. The molecule has 0 saturated heterocycles. The minimum atomic E-state index is -4.81. The molecule has 2 aliphatic rings. The van der Waals surface area contributed by atoms with Gasteiger partial charge >= 0.3 is 18.1 Å². The molecule has 2 bridgehead atoms. The van der Waals surface area contributed by atoms with E-state index in [0.717, 1.165) is 6.08 Å². The highest BCUT2D eigenvalue weighted by atomic mass is 19.4. The van der Waals surface area contributed by atoms with Crippen molar-refractivity contribution in [2.24, 2.45) is 34.5 Å². The molecule has 7 heteroatoms. The van der Waals surface area contributed by atoms with E-state index >= 15 is 0 Å². The molecule has 0 N–H and O–H groups in total. The first-order valence-corrected chi connectivity index (χ1v) is 10.7. The third-order valence-corrected chi connectivity index (χ3v) is 6.33. The Bertz CT molecular complexity index is 670. The highest BCUT2D eigenvalue weighted by Crippen LogP contribution is 2.55. The van der Waals surface area contributed by atoms with Gasteiger partial charge in [-0.2, -0.15) is 13.2 Å². The molecule has 30 heavy (non-hydrogen) atoms. The summed E-state index contributed by atoms with van der Waals surface area (Å²) in [6.07, 6.45) is -2.70. The Balaban J connectivity index is 2.26. The zero-order chi connectivity index (χ0) is 23.1. The van der Waals surface area contributed by atoms with Crippen LogP contribution in [0.3, 0.4) is 0 Å². The molecule has 2 saturated carbocycles. The summed E-state index contributed by atoms with van der Waals surface area (Å²) in [4.78, 5) is 25.6. The van der Waals surface area contributed by atoms with Crippen LogP contribution in [0.15, 0.2) is 11.6 Å². The average Bonchev–Trinajstić information content (AvgIpc) is 3.15. The Labute approximate surface area is 177 Å². The van der Waals surface area contributed by atoms with Crippen molar-refractivity contribution in [1.29, 1.82) is 0 Å². The van der Waals surface area contributed by atoms with Gasteiger partial charge in [0.15, 0.2) is 5.41 Å². The molecule has 0 aromatic carbocycles. The van der Waals surface area contributed by atoms with Gasteiger partial charge in [-0.15, -0.1) is 0 Å². The van der Waals surface area contributed by atoms with Crippen molar-refractivity contribution in [3.8, 4) is 0 Å². The summed E-state index contributed by atoms with van der Waals surface area (Å²) in [5.74, 6) is -1.95. The fraction of sp³-hybridized carbons (Fsp3) is 0.826. The van der Waals surface area contributed by atoms with E-state index in [2.05, 4.69) is 0 Å². The van der Waals surface area contributed by atoms with Gasteiger partial charge in [0.2, 0.25) is 0 Å². The van der Waals surface area contributed by atoms with Crippen molar-refractivity contribution in [1.82, 2.24) is 0 Å². The zero-order valence-corrected chi connectivity index (χ0v) is 19.1. The molecule has 0 radical (unpaired) electrons. The van der Waals surface area contributed by atoms with Crippen molar-refractivity contribution in [3.63, 3.8) is 0 Å². The third kappa shape index (κ3) is 4.70. The first-order chi connectivity index (χ1) is 13.6. The molecule has 0 aromatic rings. The van der Waals surface area contributed by atoms with Crippen LogP contribution < -0.4 is 0 Å². The minimum absolute atomic E-state index is 0.169. The highest BCUT2D eigenvalue weighted by molar-refractivity contribution is 5.82. The number of halogens is 3. The number of hydrogen-bond acceptors (Lipinski definition) is 4. The largest absolute Gasteiger partial charge is 0.465 e. The Hall–Kier alpha value is -1.53. The number of allylic oxidation sites excluding steroid dienone is 1. The molecule has 0 spiro atoms. The number of ether oxygens (including phenoxy) is 2. The Morgan fingerprint density at radius 1 is 1.07 bits per heavy atom. The van der Waals surface area contributed by atoms with Crippen LogP contribution in [-0.4, -0.2) is 30.8 Å². The molecular weight excluding hydrogens is 397 g/mol. The topological polar surface area (TPSA) is 52.6 Å². The van der Waals surface area contributed by atoms with E-state index in [1.54, 1.807) is 0 Å². The number of hydrogen-bond donors (Lipinski definition) is 0. The first kappa shape index (κ1) is 24.7. The summed E-state index contributed by atoms with van der Waals surface area (Å²) < 4.78 is 53.8. The molecule has 0 aliphatic heterocycles. The molecule has 0 heterocycles. The Kier molecular flexibility index (Phi) is 7.04. The smallest absolute Gasteiger partial charge is 0.408 e. The molecule has 5 atom stereocenters. The SMILES string of the molecule is CC(C)=CC(C(=O)OC1CC2CC(C(=O)OCC(C)C)C1C2)(C(C)(C)C)C(F)(F)F. The Morgan fingerprint density at radius 3 is 2.10 bits per heavy atom. The summed E-state index contributed by atoms with van der Waals surface area (Å²) >= 11 is 0. The van der Waals surface area contributed by atoms with Crippen LogP contribution >= 0.6 is 0 Å². The number of rotatable bonds is 6. The second-order valence-electron chi connectivity index (χ2n) is 10.6. The molecule has 4 nitrogen and oxygen atoms in total. The quantitative estimate of drug-likeness (QED) is 0.399. The standard InChI is InChI=1S/C23H35F3O4/c1-13(2)11-22(21(5,6)7,23(24,25)26)20(28)30-18-10-15-8-16(18)17(9-15)19(27)29-12-14(3)4/h11,14-18H,8-10,12H2,1-7H3. The van der Waals surface area contributed by atoms with Crippen molar-refractivity contribution in [2.45, 2.75) is 80.0 Å². The van der Waals surface area contributed by atoms with Gasteiger partial charge < -0.3 is 9.47 Å². The monoisotopic (exact) mass is 432 g/mol. The summed E-state index contributed by atoms with van der Waals surface area (Å²) in [5.41, 5.74) is -3.80. The van der Waals surface area contributed by atoms with Gasteiger partial charge in [-0.25, -0.2) is 0 Å². The van der Waals surface area contributed by atoms with Gasteiger partial charge in [0.25, 0.3) is 0 Å².